The highest BCUT2D eigenvalue weighted by atomic mass is 16.2. The van der Waals surface area contributed by atoms with E-state index in [1.165, 1.54) is 19.3 Å². The van der Waals surface area contributed by atoms with Gasteiger partial charge in [0.05, 0.1) is 0 Å². The first-order valence-electron chi connectivity index (χ1n) is 7.74. The van der Waals surface area contributed by atoms with Crippen molar-refractivity contribution in [2.24, 2.45) is 11.3 Å². The first-order valence-corrected chi connectivity index (χ1v) is 7.74. The number of piperidine rings is 1. The van der Waals surface area contributed by atoms with Crippen LogP contribution in [-0.4, -0.2) is 36.3 Å². The van der Waals surface area contributed by atoms with Crippen LogP contribution in [0.15, 0.2) is 0 Å². The Labute approximate surface area is 114 Å². The molecule has 3 rings (SSSR count). The predicted octanol–water partition coefficient (Wildman–Crippen LogP) is 1.70. The Kier molecular flexibility index (Phi) is 3.50. The molecular formula is C15H24N2O2. The van der Waals surface area contributed by atoms with Crippen LogP contribution in [0.25, 0.3) is 0 Å². The molecule has 1 spiro atoms. The fourth-order valence-electron chi connectivity index (χ4n) is 3.91. The Balaban J connectivity index is 1.54. The van der Waals surface area contributed by atoms with Crippen molar-refractivity contribution in [3.8, 4) is 0 Å². The van der Waals surface area contributed by atoms with Gasteiger partial charge in [-0.15, -0.1) is 0 Å². The molecule has 0 atom stereocenters. The van der Waals surface area contributed by atoms with Gasteiger partial charge in [0.2, 0.25) is 11.8 Å². The number of likely N-dealkylation sites (tertiary alicyclic amines) is 1. The van der Waals surface area contributed by atoms with E-state index in [0.29, 0.717) is 12.3 Å². The van der Waals surface area contributed by atoms with Crippen LogP contribution in [0.3, 0.4) is 0 Å². The van der Waals surface area contributed by atoms with Crippen molar-refractivity contribution in [1.82, 2.24) is 10.2 Å². The standard InChI is InChI=1S/C15H24N2O2/c18-13-10-15(11-16-13)6-8-17(9-7-15)14(19)12-4-2-1-3-5-12/h12H,1-11H2,(H,16,18). The zero-order valence-corrected chi connectivity index (χ0v) is 11.6. The van der Waals surface area contributed by atoms with Crippen LogP contribution >= 0.6 is 0 Å². The maximum Gasteiger partial charge on any atom is 0.225 e. The van der Waals surface area contributed by atoms with E-state index in [0.717, 1.165) is 45.3 Å². The summed E-state index contributed by atoms with van der Waals surface area (Å²) >= 11 is 0. The molecule has 0 aromatic rings. The lowest BCUT2D eigenvalue weighted by atomic mass is 9.77. The van der Waals surface area contributed by atoms with Crippen LogP contribution in [0, 0.1) is 11.3 Å². The molecule has 19 heavy (non-hydrogen) atoms. The first-order chi connectivity index (χ1) is 9.19. The zero-order valence-electron chi connectivity index (χ0n) is 11.6. The van der Waals surface area contributed by atoms with E-state index in [1.807, 2.05) is 0 Å². The second kappa shape index (κ2) is 5.14. The minimum Gasteiger partial charge on any atom is -0.356 e. The lowest BCUT2D eigenvalue weighted by Gasteiger charge is -2.40. The monoisotopic (exact) mass is 264 g/mol. The summed E-state index contributed by atoms with van der Waals surface area (Å²) in [6.07, 6.45) is 8.54. The molecule has 106 valence electrons. The van der Waals surface area contributed by atoms with Crippen molar-refractivity contribution < 1.29 is 9.59 Å². The van der Waals surface area contributed by atoms with Crippen LogP contribution in [0.1, 0.15) is 51.4 Å². The topological polar surface area (TPSA) is 49.4 Å². The molecule has 2 aliphatic heterocycles. The van der Waals surface area contributed by atoms with Crippen molar-refractivity contribution in [1.29, 1.82) is 0 Å². The zero-order chi connectivity index (χ0) is 13.3. The van der Waals surface area contributed by atoms with Crippen molar-refractivity contribution in [2.75, 3.05) is 19.6 Å². The van der Waals surface area contributed by atoms with Gasteiger partial charge in [-0.3, -0.25) is 9.59 Å². The summed E-state index contributed by atoms with van der Waals surface area (Å²) in [5.41, 5.74) is 0.153. The minimum atomic E-state index is 0.153. The van der Waals surface area contributed by atoms with Crippen LogP contribution < -0.4 is 5.32 Å². The molecule has 1 aliphatic carbocycles. The first kappa shape index (κ1) is 12.9. The van der Waals surface area contributed by atoms with Crippen LogP contribution in [0.2, 0.25) is 0 Å². The number of carbonyl (C=O) groups excluding carboxylic acids is 2. The third kappa shape index (κ3) is 2.63. The summed E-state index contributed by atoms with van der Waals surface area (Å²) in [6.45, 7) is 2.52. The molecule has 0 radical (unpaired) electrons. The summed E-state index contributed by atoms with van der Waals surface area (Å²) in [5.74, 6) is 0.852. The van der Waals surface area contributed by atoms with Gasteiger partial charge in [0.1, 0.15) is 0 Å². The molecule has 0 aromatic carbocycles. The molecule has 2 saturated heterocycles. The SMILES string of the molecule is O=C1CC2(CCN(C(=O)C3CCCCC3)CC2)CN1. The summed E-state index contributed by atoms with van der Waals surface area (Å²) in [7, 11) is 0. The highest BCUT2D eigenvalue weighted by Crippen LogP contribution is 2.38. The highest BCUT2D eigenvalue weighted by Gasteiger charge is 2.42. The van der Waals surface area contributed by atoms with E-state index in [1.54, 1.807) is 0 Å². The lowest BCUT2D eigenvalue weighted by Crippen LogP contribution is -2.46. The van der Waals surface area contributed by atoms with Crippen LogP contribution in [0.5, 0.6) is 0 Å². The summed E-state index contributed by atoms with van der Waals surface area (Å²) in [6, 6.07) is 0. The molecule has 1 N–H and O–H groups in total. The number of nitrogens with zero attached hydrogens (tertiary/aromatic N) is 1. The average molecular weight is 264 g/mol. The quantitative estimate of drug-likeness (QED) is 0.783. The van der Waals surface area contributed by atoms with Crippen molar-refractivity contribution >= 4 is 11.8 Å². The lowest BCUT2D eigenvalue weighted by molar-refractivity contribution is -0.138. The van der Waals surface area contributed by atoms with Crippen molar-refractivity contribution in [3.05, 3.63) is 0 Å². The van der Waals surface area contributed by atoms with Gasteiger partial charge in [0.15, 0.2) is 0 Å². The van der Waals surface area contributed by atoms with Gasteiger partial charge in [0, 0.05) is 32.0 Å². The van der Waals surface area contributed by atoms with E-state index in [9.17, 15) is 9.59 Å². The molecule has 2 heterocycles. The van der Waals surface area contributed by atoms with Gasteiger partial charge in [-0.2, -0.15) is 0 Å². The summed E-state index contributed by atoms with van der Waals surface area (Å²) in [5, 5.41) is 2.95. The van der Waals surface area contributed by atoms with Crippen molar-refractivity contribution in [3.63, 3.8) is 0 Å². The molecular weight excluding hydrogens is 240 g/mol. The van der Waals surface area contributed by atoms with Gasteiger partial charge >= 0.3 is 0 Å². The third-order valence-corrected chi connectivity index (χ3v) is 5.29. The van der Waals surface area contributed by atoms with Crippen LogP contribution in [-0.2, 0) is 9.59 Å². The highest BCUT2D eigenvalue weighted by molar-refractivity contribution is 5.80. The molecule has 4 nitrogen and oxygen atoms in total. The number of hydrogen-bond donors (Lipinski definition) is 1. The molecule has 3 aliphatic rings. The van der Waals surface area contributed by atoms with E-state index >= 15 is 0 Å². The Morgan fingerprint density at radius 3 is 2.42 bits per heavy atom. The Morgan fingerprint density at radius 1 is 1.16 bits per heavy atom. The molecule has 3 fully saturated rings. The molecule has 0 unspecified atom stereocenters. The van der Waals surface area contributed by atoms with Gasteiger partial charge in [-0.25, -0.2) is 0 Å². The van der Waals surface area contributed by atoms with Gasteiger partial charge in [0.25, 0.3) is 0 Å². The molecule has 0 aromatic heterocycles. The van der Waals surface area contributed by atoms with Gasteiger partial charge in [-0.1, -0.05) is 19.3 Å². The maximum atomic E-state index is 12.5. The number of hydrogen-bond acceptors (Lipinski definition) is 2. The molecule has 1 saturated carbocycles. The fraction of sp³-hybridized carbons (Fsp3) is 0.867. The predicted molar refractivity (Wildman–Crippen MR) is 72.4 cm³/mol. The maximum absolute atomic E-state index is 12.5. The van der Waals surface area contributed by atoms with E-state index in [4.69, 9.17) is 0 Å². The number of amides is 2. The normalized spacial score (nSPS) is 27.6. The average Bonchev–Trinajstić information content (AvgIpc) is 2.81. The van der Waals surface area contributed by atoms with Gasteiger partial charge < -0.3 is 10.2 Å². The number of nitrogens with one attached hydrogen (secondary N) is 1. The van der Waals surface area contributed by atoms with E-state index in [-0.39, 0.29) is 17.2 Å². The molecule has 4 heteroatoms. The number of carbonyl (C=O) groups is 2. The molecule has 2 amide bonds. The number of rotatable bonds is 1. The Morgan fingerprint density at radius 2 is 1.84 bits per heavy atom. The molecule has 0 bridgehead atoms. The third-order valence-electron chi connectivity index (χ3n) is 5.29. The van der Waals surface area contributed by atoms with E-state index in [2.05, 4.69) is 10.2 Å². The Bertz CT molecular complexity index is 366. The minimum absolute atomic E-state index is 0.153. The van der Waals surface area contributed by atoms with Gasteiger partial charge in [-0.05, 0) is 31.1 Å². The summed E-state index contributed by atoms with van der Waals surface area (Å²) in [4.78, 5) is 25.9. The fourth-order valence-corrected chi connectivity index (χ4v) is 3.91. The second-order valence-corrected chi connectivity index (χ2v) is 6.61. The summed E-state index contributed by atoms with van der Waals surface area (Å²) < 4.78 is 0. The van der Waals surface area contributed by atoms with Crippen molar-refractivity contribution in [2.45, 2.75) is 51.4 Å². The Hall–Kier alpha value is -1.06. The second-order valence-electron chi connectivity index (χ2n) is 6.61. The van der Waals surface area contributed by atoms with E-state index < -0.39 is 0 Å². The smallest absolute Gasteiger partial charge is 0.225 e. The van der Waals surface area contributed by atoms with Crippen LogP contribution in [0.4, 0.5) is 0 Å². The largest absolute Gasteiger partial charge is 0.356 e.